The van der Waals surface area contributed by atoms with E-state index in [1.54, 1.807) is 18.2 Å². The molecule has 0 amide bonds. The number of hydrogen-bond acceptors (Lipinski definition) is 4. The lowest BCUT2D eigenvalue weighted by Crippen LogP contribution is -1.98. The molecule has 0 aliphatic heterocycles. The van der Waals surface area contributed by atoms with Gasteiger partial charge in [0.1, 0.15) is 0 Å². The minimum absolute atomic E-state index is 0.0193. The van der Waals surface area contributed by atoms with Crippen molar-refractivity contribution >= 4 is 27.4 Å². The number of sulfonamides is 1. The lowest BCUT2D eigenvalue weighted by molar-refractivity contribution is 0.563. The zero-order valence-electron chi connectivity index (χ0n) is 8.53. The van der Waals surface area contributed by atoms with Gasteiger partial charge in [0.15, 0.2) is 0 Å². The first kappa shape index (κ1) is 11.7. The van der Waals surface area contributed by atoms with Crippen molar-refractivity contribution in [1.29, 1.82) is 0 Å². The highest BCUT2D eigenvalue weighted by atomic mass is 32.2. The molecule has 1 heterocycles. The molecule has 0 N–H and O–H groups in total. The lowest BCUT2D eigenvalue weighted by Gasteiger charge is -2.03. The number of isocyanates is 1. The molecule has 0 saturated carbocycles. The molecule has 2 rings (SSSR count). The molecular weight excluding hydrogens is 258 g/mol. The fourth-order valence-corrected chi connectivity index (χ4v) is 3.16. The first-order chi connectivity index (χ1) is 8.15. The number of benzene rings is 1. The largest absolute Gasteiger partial charge is 0.293 e. The Morgan fingerprint density at radius 2 is 1.88 bits per heavy atom. The smallest absolute Gasteiger partial charge is 0.210 e. The van der Waals surface area contributed by atoms with Gasteiger partial charge in [-0.3, -0.25) is 0 Å². The van der Waals surface area contributed by atoms with E-state index in [1.807, 2.05) is 17.5 Å². The number of rotatable bonds is 3. The molecule has 0 fully saturated rings. The predicted octanol–water partition coefficient (Wildman–Crippen LogP) is 2.44. The van der Waals surface area contributed by atoms with E-state index in [4.69, 9.17) is 0 Å². The quantitative estimate of drug-likeness (QED) is 0.632. The van der Waals surface area contributed by atoms with Gasteiger partial charge in [0.2, 0.25) is 0 Å². The molecular formula is C11H7NO3S2. The van der Waals surface area contributed by atoms with Crippen LogP contribution in [0.15, 0.2) is 51.1 Å². The van der Waals surface area contributed by atoms with Gasteiger partial charge in [-0.1, -0.05) is 28.7 Å². The number of hydrogen-bond donors (Lipinski definition) is 0. The van der Waals surface area contributed by atoms with Crippen LogP contribution in [0.2, 0.25) is 0 Å². The van der Waals surface area contributed by atoms with E-state index in [-0.39, 0.29) is 4.90 Å². The van der Waals surface area contributed by atoms with E-state index in [1.165, 1.54) is 17.4 Å². The van der Waals surface area contributed by atoms with E-state index < -0.39 is 10.0 Å². The molecule has 1 aromatic carbocycles. The second kappa shape index (κ2) is 4.63. The van der Waals surface area contributed by atoms with Crippen LogP contribution >= 0.6 is 11.3 Å². The maximum Gasteiger partial charge on any atom is 0.293 e. The third-order valence-electron chi connectivity index (χ3n) is 2.11. The Bertz CT molecular complexity index is 669. The highest BCUT2D eigenvalue weighted by molar-refractivity contribution is 7.90. The molecule has 0 unspecified atom stereocenters. The molecule has 2 aromatic rings. The summed E-state index contributed by atoms with van der Waals surface area (Å²) in [6.07, 6.45) is 1.07. The van der Waals surface area contributed by atoms with Gasteiger partial charge >= 0.3 is 0 Å². The number of carbonyl (C=O) groups excluding carboxylic acids is 1. The Labute approximate surface area is 102 Å². The summed E-state index contributed by atoms with van der Waals surface area (Å²) in [7, 11) is -3.96. The van der Waals surface area contributed by atoms with Crippen molar-refractivity contribution in [3.05, 3.63) is 41.8 Å². The first-order valence-electron chi connectivity index (χ1n) is 4.62. The van der Waals surface area contributed by atoms with Crippen molar-refractivity contribution in [3.8, 4) is 10.4 Å². The molecule has 0 bridgehead atoms. The van der Waals surface area contributed by atoms with Crippen molar-refractivity contribution in [3.63, 3.8) is 0 Å². The minimum atomic E-state index is -3.96. The third-order valence-corrected chi connectivity index (χ3v) is 4.24. The Hall–Kier alpha value is -1.75. The number of nitrogens with zero attached hydrogens (tertiary/aromatic N) is 1. The van der Waals surface area contributed by atoms with Gasteiger partial charge < -0.3 is 0 Å². The first-order valence-corrected chi connectivity index (χ1v) is 6.94. The van der Waals surface area contributed by atoms with Crippen LogP contribution in [0.1, 0.15) is 0 Å². The molecule has 0 aliphatic carbocycles. The van der Waals surface area contributed by atoms with Crippen LogP contribution in [0.3, 0.4) is 0 Å². The van der Waals surface area contributed by atoms with Crippen molar-refractivity contribution in [1.82, 2.24) is 0 Å². The van der Waals surface area contributed by atoms with E-state index >= 15 is 0 Å². The Balaban J connectivity index is 2.68. The highest BCUT2D eigenvalue weighted by Gasteiger charge is 2.18. The average Bonchev–Trinajstić information content (AvgIpc) is 2.82. The van der Waals surface area contributed by atoms with Crippen LogP contribution in [0.4, 0.5) is 0 Å². The molecule has 86 valence electrons. The Kier molecular flexibility index (Phi) is 3.19. The highest BCUT2D eigenvalue weighted by Crippen LogP contribution is 2.31. The van der Waals surface area contributed by atoms with Crippen LogP contribution in [0.25, 0.3) is 10.4 Å². The molecule has 0 saturated heterocycles. The summed E-state index contributed by atoms with van der Waals surface area (Å²) >= 11 is 1.42. The van der Waals surface area contributed by atoms with Gasteiger partial charge in [0.05, 0.1) is 4.90 Å². The van der Waals surface area contributed by atoms with Crippen LogP contribution in [-0.4, -0.2) is 14.5 Å². The van der Waals surface area contributed by atoms with Gasteiger partial charge in [-0.05, 0) is 17.5 Å². The summed E-state index contributed by atoms with van der Waals surface area (Å²) in [6.45, 7) is 0. The van der Waals surface area contributed by atoms with Gasteiger partial charge in [-0.25, -0.2) is 4.79 Å². The maximum atomic E-state index is 11.7. The van der Waals surface area contributed by atoms with Gasteiger partial charge in [-0.15, -0.1) is 11.3 Å². The standard InChI is InChI=1S/C11H7NO3S2/c13-8-12-17(14,15)11-6-2-1-4-9(11)10-5-3-7-16-10/h1-7H. The zero-order chi connectivity index (χ0) is 12.3. The molecule has 0 spiro atoms. The van der Waals surface area contributed by atoms with Crippen molar-refractivity contribution in [2.24, 2.45) is 4.40 Å². The van der Waals surface area contributed by atoms with E-state index in [9.17, 15) is 13.2 Å². The summed E-state index contributed by atoms with van der Waals surface area (Å²) in [4.78, 5) is 11.0. The summed E-state index contributed by atoms with van der Waals surface area (Å²) < 4.78 is 26.3. The molecule has 17 heavy (non-hydrogen) atoms. The minimum Gasteiger partial charge on any atom is -0.210 e. The number of thiophene rings is 1. The summed E-state index contributed by atoms with van der Waals surface area (Å²) in [6, 6.07) is 10.1. The van der Waals surface area contributed by atoms with E-state index in [2.05, 4.69) is 4.40 Å². The van der Waals surface area contributed by atoms with Crippen LogP contribution < -0.4 is 0 Å². The van der Waals surface area contributed by atoms with E-state index in [0.29, 0.717) is 5.56 Å². The average molecular weight is 265 g/mol. The summed E-state index contributed by atoms with van der Waals surface area (Å²) in [5, 5.41) is 1.85. The van der Waals surface area contributed by atoms with Gasteiger partial charge in [0, 0.05) is 10.4 Å². The molecule has 4 nitrogen and oxygen atoms in total. The van der Waals surface area contributed by atoms with Gasteiger partial charge in [0.25, 0.3) is 16.1 Å². The van der Waals surface area contributed by atoms with Gasteiger partial charge in [-0.2, -0.15) is 8.42 Å². The Morgan fingerprint density at radius 1 is 1.12 bits per heavy atom. The monoisotopic (exact) mass is 265 g/mol. The fraction of sp³-hybridized carbons (Fsp3) is 0. The second-order valence-corrected chi connectivity index (χ2v) is 5.65. The SMILES string of the molecule is O=C=NS(=O)(=O)c1ccccc1-c1cccs1. The summed E-state index contributed by atoms with van der Waals surface area (Å²) in [5.41, 5.74) is 0.543. The van der Waals surface area contributed by atoms with Crippen molar-refractivity contribution < 1.29 is 13.2 Å². The lowest BCUT2D eigenvalue weighted by atomic mass is 10.2. The van der Waals surface area contributed by atoms with Crippen molar-refractivity contribution in [2.45, 2.75) is 4.90 Å². The molecule has 6 heteroatoms. The molecule has 0 atom stereocenters. The summed E-state index contributed by atoms with van der Waals surface area (Å²) in [5.74, 6) is 0. The normalized spacial score (nSPS) is 10.8. The van der Waals surface area contributed by atoms with Crippen LogP contribution in [-0.2, 0) is 14.8 Å². The Morgan fingerprint density at radius 3 is 2.53 bits per heavy atom. The predicted molar refractivity (Wildman–Crippen MR) is 65.1 cm³/mol. The third kappa shape index (κ3) is 2.34. The maximum absolute atomic E-state index is 11.7. The molecule has 0 aliphatic rings. The van der Waals surface area contributed by atoms with Crippen LogP contribution in [0.5, 0.6) is 0 Å². The van der Waals surface area contributed by atoms with E-state index in [0.717, 1.165) is 11.0 Å². The molecule has 0 radical (unpaired) electrons. The van der Waals surface area contributed by atoms with Crippen LogP contribution in [0, 0.1) is 0 Å². The second-order valence-electron chi connectivity index (χ2n) is 3.13. The zero-order valence-corrected chi connectivity index (χ0v) is 10.2. The fourth-order valence-electron chi connectivity index (χ4n) is 1.43. The van der Waals surface area contributed by atoms with Crippen molar-refractivity contribution in [2.75, 3.05) is 0 Å². The topological polar surface area (TPSA) is 63.6 Å². The molecule has 1 aromatic heterocycles.